The predicted molar refractivity (Wildman–Crippen MR) is 59.8 cm³/mol. The molecule has 8 nitrogen and oxygen atoms in total. The van der Waals surface area contributed by atoms with Crippen molar-refractivity contribution in [3.8, 4) is 0 Å². The van der Waals surface area contributed by atoms with Crippen molar-refractivity contribution in [1.29, 1.82) is 0 Å². The summed E-state index contributed by atoms with van der Waals surface area (Å²) in [6.07, 6.45) is 1.23. The SMILES string of the molecule is CCC(Br)(CC)C(=O)NC(N)=O.O=P([O-])([O-])O.[Mn+2]. The molecule has 0 aliphatic carbocycles. The molecule has 0 atom stereocenters. The van der Waals surface area contributed by atoms with Crippen molar-refractivity contribution in [3.63, 3.8) is 0 Å². The van der Waals surface area contributed by atoms with Crippen molar-refractivity contribution in [2.45, 2.75) is 31.0 Å². The van der Waals surface area contributed by atoms with Crippen molar-refractivity contribution in [2.75, 3.05) is 0 Å². The average molecular weight is 388 g/mol. The molecule has 18 heavy (non-hydrogen) atoms. The Morgan fingerprint density at radius 3 is 1.83 bits per heavy atom. The molecule has 0 aromatic carbocycles. The molecule has 0 unspecified atom stereocenters. The number of nitrogens with two attached hydrogens (primary N) is 1. The number of nitrogens with one attached hydrogen (secondary N) is 1. The van der Waals surface area contributed by atoms with E-state index in [1.54, 1.807) is 0 Å². The standard InChI is InChI=1S/C7H13BrN2O2.Mn.H3O4P/c1-3-7(8,4-2)5(11)10-6(9)12;;1-5(2,3)4/h3-4H2,1-2H3,(H3,9,10,11,12);;(H3,1,2,3,4)/q;+2;/p-2. The first-order valence-corrected chi connectivity index (χ1v) is 6.79. The molecule has 0 aromatic rings. The van der Waals surface area contributed by atoms with Gasteiger partial charge in [-0.1, -0.05) is 29.8 Å². The van der Waals surface area contributed by atoms with E-state index in [2.05, 4.69) is 15.9 Å². The molecular weight excluding hydrogens is 374 g/mol. The second-order valence-corrected chi connectivity index (χ2v) is 5.41. The Hall–Kier alpha value is 0.0495. The summed E-state index contributed by atoms with van der Waals surface area (Å²) in [6.45, 7) is 3.72. The minimum atomic E-state index is -5.14. The predicted octanol–water partition coefficient (Wildman–Crippen LogP) is -1.06. The fraction of sp³-hybridized carbons (Fsp3) is 0.714. The number of phosphoric acid groups is 1. The molecule has 0 heterocycles. The van der Waals surface area contributed by atoms with Crippen LogP contribution in [-0.4, -0.2) is 21.2 Å². The maximum absolute atomic E-state index is 11.3. The molecule has 11 heteroatoms. The van der Waals surface area contributed by atoms with Gasteiger partial charge in [-0.2, -0.15) is 0 Å². The summed E-state index contributed by atoms with van der Waals surface area (Å²) >= 11 is 3.26. The van der Waals surface area contributed by atoms with Crippen LogP contribution in [0.3, 0.4) is 0 Å². The Labute approximate surface area is 124 Å². The number of amides is 3. The second-order valence-electron chi connectivity index (χ2n) is 2.96. The third kappa shape index (κ3) is 14.1. The number of imide groups is 1. The largest absolute Gasteiger partial charge is 2.00 e. The van der Waals surface area contributed by atoms with Crippen LogP contribution >= 0.6 is 23.8 Å². The van der Waals surface area contributed by atoms with Crippen LogP contribution < -0.4 is 20.8 Å². The Kier molecular flexibility index (Phi) is 12.8. The maximum atomic E-state index is 11.3. The fourth-order valence-corrected chi connectivity index (χ4v) is 0.894. The molecule has 0 rings (SSSR count). The van der Waals surface area contributed by atoms with Crippen LogP contribution in [0.4, 0.5) is 4.79 Å². The Balaban J connectivity index is -0.000000321. The van der Waals surface area contributed by atoms with Crippen molar-refractivity contribution >= 4 is 35.7 Å². The van der Waals surface area contributed by atoms with E-state index in [0.717, 1.165) is 0 Å². The summed E-state index contributed by atoms with van der Waals surface area (Å²) in [5, 5.41) is 2.04. The van der Waals surface area contributed by atoms with E-state index >= 15 is 0 Å². The third-order valence-corrected chi connectivity index (χ3v) is 3.25. The van der Waals surface area contributed by atoms with Crippen molar-refractivity contribution < 1.29 is 45.9 Å². The number of carbonyl (C=O) groups is 2. The van der Waals surface area contributed by atoms with Gasteiger partial charge in [-0.05, 0) is 12.8 Å². The zero-order chi connectivity index (χ0) is 14.3. The minimum absolute atomic E-state index is 0. The topological polar surface area (TPSA) is 156 Å². The van der Waals surface area contributed by atoms with Crippen LogP contribution in [0.5, 0.6) is 0 Å². The molecule has 107 valence electrons. The van der Waals surface area contributed by atoms with Gasteiger partial charge in [0.25, 0.3) is 0 Å². The van der Waals surface area contributed by atoms with Crippen LogP contribution in [-0.2, 0) is 26.4 Å². The molecule has 3 amide bonds. The van der Waals surface area contributed by atoms with E-state index in [9.17, 15) is 9.59 Å². The van der Waals surface area contributed by atoms with Gasteiger partial charge < -0.3 is 25.0 Å². The van der Waals surface area contributed by atoms with Gasteiger partial charge in [0.1, 0.15) is 4.32 Å². The summed E-state index contributed by atoms with van der Waals surface area (Å²) < 4.78 is 8.00. The zero-order valence-corrected chi connectivity index (χ0v) is 13.3. The summed E-state index contributed by atoms with van der Waals surface area (Å²) in [7, 11) is -5.14. The Morgan fingerprint density at radius 1 is 1.39 bits per heavy atom. The molecular formula is C7H14BrMnN2O6P. The van der Waals surface area contributed by atoms with E-state index in [1.807, 2.05) is 19.2 Å². The molecule has 0 spiro atoms. The molecule has 0 aliphatic heterocycles. The van der Waals surface area contributed by atoms with Gasteiger partial charge in [-0.25, -0.2) is 4.79 Å². The number of primary amides is 1. The number of hydrogen-bond donors (Lipinski definition) is 3. The maximum Gasteiger partial charge on any atom is 2.00 e. The second kappa shape index (κ2) is 9.91. The van der Waals surface area contributed by atoms with Gasteiger partial charge in [-0.15, -0.1) is 0 Å². The molecule has 4 N–H and O–H groups in total. The fourth-order valence-electron chi connectivity index (χ4n) is 0.795. The Morgan fingerprint density at radius 2 is 1.67 bits per heavy atom. The molecule has 0 saturated heterocycles. The number of rotatable bonds is 3. The first-order chi connectivity index (χ1) is 7.46. The monoisotopic (exact) mass is 387 g/mol. The number of hydrogen-bond acceptors (Lipinski definition) is 5. The molecule has 0 fully saturated rings. The van der Waals surface area contributed by atoms with Crippen LogP contribution in [0.15, 0.2) is 0 Å². The van der Waals surface area contributed by atoms with E-state index < -0.39 is 18.2 Å². The number of halogens is 1. The number of carbonyl (C=O) groups excluding carboxylic acids is 2. The van der Waals surface area contributed by atoms with Gasteiger partial charge in [0.15, 0.2) is 0 Å². The van der Waals surface area contributed by atoms with Crippen LogP contribution in [0.25, 0.3) is 0 Å². The van der Waals surface area contributed by atoms with Crippen molar-refractivity contribution in [2.24, 2.45) is 5.73 Å². The molecule has 0 aliphatic rings. The molecule has 0 bridgehead atoms. The first kappa shape index (κ1) is 23.2. The number of alkyl halides is 1. The Bertz CT molecular complexity index is 311. The van der Waals surface area contributed by atoms with Crippen molar-refractivity contribution in [1.82, 2.24) is 5.32 Å². The summed E-state index contributed by atoms with van der Waals surface area (Å²) in [4.78, 5) is 45.9. The molecule has 1 radical (unpaired) electrons. The number of urea groups is 1. The van der Waals surface area contributed by atoms with Gasteiger partial charge in [0.05, 0.1) is 7.82 Å². The van der Waals surface area contributed by atoms with E-state index in [4.69, 9.17) is 25.0 Å². The first-order valence-electron chi connectivity index (χ1n) is 4.50. The zero-order valence-electron chi connectivity index (χ0n) is 9.68. The van der Waals surface area contributed by atoms with Gasteiger partial charge in [0.2, 0.25) is 5.91 Å². The van der Waals surface area contributed by atoms with E-state index in [1.165, 1.54) is 0 Å². The molecule has 0 aromatic heterocycles. The van der Waals surface area contributed by atoms with Crippen molar-refractivity contribution in [3.05, 3.63) is 0 Å². The minimum Gasteiger partial charge on any atom is -0.790 e. The van der Waals surface area contributed by atoms with Gasteiger partial charge in [-0.3, -0.25) is 10.1 Å². The normalized spacial score (nSPS) is 10.6. The summed E-state index contributed by atoms with van der Waals surface area (Å²) in [5.74, 6) is -0.375. The summed E-state index contributed by atoms with van der Waals surface area (Å²) in [6, 6.07) is -0.814. The summed E-state index contributed by atoms with van der Waals surface area (Å²) in [5.41, 5.74) is 4.81. The third-order valence-electron chi connectivity index (χ3n) is 1.76. The van der Waals surface area contributed by atoms with Crippen LogP contribution in [0.1, 0.15) is 26.7 Å². The molecule has 0 saturated carbocycles. The van der Waals surface area contributed by atoms with E-state index in [-0.39, 0.29) is 23.0 Å². The van der Waals surface area contributed by atoms with Crippen LogP contribution in [0.2, 0.25) is 0 Å². The van der Waals surface area contributed by atoms with Gasteiger partial charge in [0, 0.05) is 0 Å². The van der Waals surface area contributed by atoms with E-state index in [0.29, 0.717) is 12.8 Å². The van der Waals surface area contributed by atoms with Gasteiger partial charge >= 0.3 is 23.1 Å². The smallest absolute Gasteiger partial charge is 0.790 e. The quantitative estimate of drug-likeness (QED) is 0.318. The average Bonchev–Trinajstić information content (AvgIpc) is 2.12. The van der Waals surface area contributed by atoms with Crippen LogP contribution in [0, 0.1) is 0 Å².